The summed E-state index contributed by atoms with van der Waals surface area (Å²) in [7, 11) is 0. The Morgan fingerprint density at radius 3 is 0.786 bits per heavy atom. The van der Waals surface area contributed by atoms with Crippen LogP contribution in [0.5, 0.6) is 0 Å². The molecule has 0 heterocycles. The minimum absolute atomic E-state index is 0.0661. The lowest BCUT2D eigenvalue weighted by Gasteiger charge is -2.18. The number of hydrogen-bond acceptors (Lipinski definition) is 6. The maximum absolute atomic E-state index is 12.9. The lowest BCUT2D eigenvalue weighted by molar-refractivity contribution is -0.167. The Labute approximate surface area is 436 Å². The first-order chi connectivity index (χ1) is 34.5. The highest BCUT2D eigenvalue weighted by Crippen LogP contribution is 2.18. The fourth-order valence-electron chi connectivity index (χ4n) is 9.48. The number of hydrogen-bond donors (Lipinski definition) is 0. The molecule has 0 rings (SSSR count). The van der Waals surface area contributed by atoms with Gasteiger partial charge in [0.2, 0.25) is 0 Å². The molecule has 1 atom stereocenters. The van der Waals surface area contributed by atoms with E-state index in [9.17, 15) is 14.4 Å². The van der Waals surface area contributed by atoms with Gasteiger partial charge in [-0.25, -0.2) is 0 Å². The van der Waals surface area contributed by atoms with Crippen LogP contribution in [0.15, 0.2) is 24.3 Å². The van der Waals surface area contributed by atoms with Crippen LogP contribution in [0.25, 0.3) is 0 Å². The van der Waals surface area contributed by atoms with E-state index in [0.717, 1.165) is 64.2 Å². The second-order valence-electron chi connectivity index (χ2n) is 21.3. The standard InChI is InChI=1S/C64H120O6/c1-4-7-10-13-16-19-21-23-25-27-29-31-32-33-35-36-38-40-42-45-48-51-54-57-63(66)69-60-61(59-68-62(65)56-53-50-47-44-18-15-12-9-6-3)70-64(67)58-55-52-49-46-43-41-39-37-34-30-28-26-24-22-20-17-14-11-8-5-2/h21,23,27,29,61H,4-20,22,24-26,28,30-60H2,1-3H3/b23-21-,29-27-. The fraction of sp³-hybridized carbons (Fsp3) is 0.891. The summed E-state index contributed by atoms with van der Waals surface area (Å²) in [6, 6.07) is 0. The van der Waals surface area contributed by atoms with Crippen LogP contribution in [0.2, 0.25) is 0 Å². The Balaban J connectivity index is 4.18. The molecule has 0 aromatic carbocycles. The molecule has 1 unspecified atom stereocenters. The second-order valence-corrected chi connectivity index (χ2v) is 21.3. The number of allylic oxidation sites excluding steroid dienone is 4. The molecule has 0 aliphatic carbocycles. The molecule has 0 bridgehead atoms. The molecule has 70 heavy (non-hydrogen) atoms. The first-order valence-corrected chi connectivity index (χ1v) is 31.3. The van der Waals surface area contributed by atoms with Crippen molar-refractivity contribution >= 4 is 17.9 Å². The summed E-state index contributed by atoms with van der Waals surface area (Å²) in [6.07, 6.45) is 70.5. The third-order valence-corrected chi connectivity index (χ3v) is 14.2. The van der Waals surface area contributed by atoms with E-state index in [1.807, 2.05) is 0 Å². The number of ether oxygens (including phenoxy) is 3. The molecule has 412 valence electrons. The quantitative estimate of drug-likeness (QED) is 0.0261. The Hall–Kier alpha value is -2.11. The maximum Gasteiger partial charge on any atom is 0.306 e. The van der Waals surface area contributed by atoms with Gasteiger partial charge in [0.05, 0.1) is 0 Å². The average molecular weight is 986 g/mol. The molecule has 0 amide bonds. The van der Waals surface area contributed by atoms with E-state index in [0.29, 0.717) is 19.3 Å². The Kier molecular flexibility index (Phi) is 57.7. The SMILES string of the molecule is CCCCCCC/C=C\C/C=C\CCCCCCCCCCCCCC(=O)OCC(COC(=O)CCCCCCCCCCC)OC(=O)CCCCCCCCCCCCCCCCCCCCCC. The lowest BCUT2D eigenvalue weighted by Crippen LogP contribution is -2.30. The molecule has 0 aliphatic heterocycles. The van der Waals surface area contributed by atoms with Gasteiger partial charge < -0.3 is 14.2 Å². The minimum Gasteiger partial charge on any atom is -0.462 e. The minimum atomic E-state index is -0.766. The van der Waals surface area contributed by atoms with Crippen molar-refractivity contribution < 1.29 is 28.6 Å². The molecule has 0 saturated heterocycles. The maximum atomic E-state index is 12.9. The number of rotatable bonds is 58. The zero-order valence-corrected chi connectivity index (χ0v) is 47.3. The van der Waals surface area contributed by atoms with Gasteiger partial charge in [-0.15, -0.1) is 0 Å². The molecule has 0 aliphatic rings. The zero-order valence-electron chi connectivity index (χ0n) is 47.3. The molecule has 6 nitrogen and oxygen atoms in total. The van der Waals surface area contributed by atoms with Crippen molar-refractivity contribution in [2.45, 2.75) is 354 Å². The van der Waals surface area contributed by atoms with E-state index in [2.05, 4.69) is 45.1 Å². The molecular weight excluding hydrogens is 865 g/mol. The van der Waals surface area contributed by atoms with E-state index in [-0.39, 0.29) is 31.1 Å². The number of carbonyl (C=O) groups excluding carboxylic acids is 3. The molecule has 6 heteroatoms. The number of esters is 3. The second kappa shape index (κ2) is 59.5. The lowest BCUT2D eigenvalue weighted by atomic mass is 10.0. The van der Waals surface area contributed by atoms with Gasteiger partial charge in [0.15, 0.2) is 6.10 Å². The molecule has 0 aromatic rings. The largest absolute Gasteiger partial charge is 0.462 e. The topological polar surface area (TPSA) is 78.9 Å². The van der Waals surface area contributed by atoms with Gasteiger partial charge in [-0.2, -0.15) is 0 Å². The fourth-order valence-corrected chi connectivity index (χ4v) is 9.48. The van der Waals surface area contributed by atoms with Crippen molar-refractivity contribution in [3.63, 3.8) is 0 Å². The Morgan fingerprint density at radius 2 is 0.514 bits per heavy atom. The zero-order chi connectivity index (χ0) is 50.7. The van der Waals surface area contributed by atoms with Gasteiger partial charge in [0, 0.05) is 19.3 Å². The average Bonchev–Trinajstić information content (AvgIpc) is 3.36. The van der Waals surface area contributed by atoms with Gasteiger partial charge in [0.25, 0.3) is 0 Å². The normalized spacial score (nSPS) is 12.1. The summed E-state index contributed by atoms with van der Waals surface area (Å²) in [5.74, 6) is -0.846. The van der Waals surface area contributed by atoms with E-state index in [1.54, 1.807) is 0 Å². The summed E-state index contributed by atoms with van der Waals surface area (Å²) >= 11 is 0. The van der Waals surface area contributed by atoms with Gasteiger partial charge in [-0.1, -0.05) is 302 Å². The summed E-state index contributed by atoms with van der Waals surface area (Å²) in [6.45, 7) is 6.67. The monoisotopic (exact) mass is 985 g/mol. The van der Waals surface area contributed by atoms with E-state index >= 15 is 0 Å². The third kappa shape index (κ3) is 56.8. The third-order valence-electron chi connectivity index (χ3n) is 14.2. The summed E-state index contributed by atoms with van der Waals surface area (Å²) in [5, 5.41) is 0. The number of carbonyl (C=O) groups is 3. The predicted octanol–water partition coefficient (Wildman–Crippen LogP) is 21.1. The van der Waals surface area contributed by atoms with E-state index in [4.69, 9.17) is 14.2 Å². The van der Waals surface area contributed by atoms with E-state index in [1.165, 1.54) is 244 Å². The van der Waals surface area contributed by atoms with Crippen LogP contribution < -0.4 is 0 Å². The van der Waals surface area contributed by atoms with Crippen LogP contribution >= 0.6 is 0 Å². The summed E-state index contributed by atoms with van der Waals surface area (Å²) < 4.78 is 16.9. The highest BCUT2D eigenvalue weighted by atomic mass is 16.6. The van der Waals surface area contributed by atoms with Crippen LogP contribution in [-0.4, -0.2) is 37.2 Å². The first kappa shape index (κ1) is 67.9. The van der Waals surface area contributed by atoms with Gasteiger partial charge >= 0.3 is 17.9 Å². The highest BCUT2D eigenvalue weighted by molar-refractivity contribution is 5.71. The molecule has 0 saturated carbocycles. The molecule has 0 radical (unpaired) electrons. The number of unbranched alkanes of at least 4 members (excludes halogenated alkanes) is 43. The first-order valence-electron chi connectivity index (χ1n) is 31.3. The molecular formula is C64H120O6. The molecule has 0 spiro atoms. The Bertz CT molecular complexity index is 1130. The molecule has 0 aromatic heterocycles. The van der Waals surface area contributed by atoms with Crippen molar-refractivity contribution in [2.24, 2.45) is 0 Å². The molecule has 0 N–H and O–H groups in total. The van der Waals surface area contributed by atoms with Crippen LogP contribution in [-0.2, 0) is 28.6 Å². The van der Waals surface area contributed by atoms with Crippen LogP contribution in [0.3, 0.4) is 0 Å². The smallest absolute Gasteiger partial charge is 0.306 e. The highest BCUT2D eigenvalue weighted by Gasteiger charge is 2.19. The van der Waals surface area contributed by atoms with Crippen molar-refractivity contribution in [3.05, 3.63) is 24.3 Å². The summed E-state index contributed by atoms with van der Waals surface area (Å²) in [5.41, 5.74) is 0. The van der Waals surface area contributed by atoms with Crippen molar-refractivity contribution in [2.75, 3.05) is 13.2 Å². The van der Waals surface area contributed by atoms with Crippen LogP contribution in [0.4, 0.5) is 0 Å². The van der Waals surface area contributed by atoms with Crippen molar-refractivity contribution in [1.82, 2.24) is 0 Å². The van der Waals surface area contributed by atoms with Crippen molar-refractivity contribution in [1.29, 1.82) is 0 Å². The molecule has 0 fully saturated rings. The Morgan fingerprint density at radius 1 is 0.286 bits per heavy atom. The van der Waals surface area contributed by atoms with Gasteiger partial charge in [-0.3, -0.25) is 14.4 Å². The van der Waals surface area contributed by atoms with Crippen molar-refractivity contribution in [3.8, 4) is 0 Å². The van der Waals surface area contributed by atoms with Gasteiger partial charge in [-0.05, 0) is 51.4 Å². The van der Waals surface area contributed by atoms with Gasteiger partial charge in [0.1, 0.15) is 13.2 Å². The van der Waals surface area contributed by atoms with Crippen LogP contribution in [0.1, 0.15) is 348 Å². The predicted molar refractivity (Wildman–Crippen MR) is 303 cm³/mol. The van der Waals surface area contributed by atoms with E-state index < -0.39 is 6.10 Å². The van der Waals surface area contributed by atoms with Crippen LogP contribution in [0, 0.1) is 0 Å². The summed E-state index contributed by atoms with van der Waals surface area (Å²) in [4.78, 5) is 38.1.